The van der Waals surface area contributed by atoms with E-state index >= 15 is 0 Å². The van der Waals surface area contributed by atoms with Crippen LogP contribution in [-0.2, 0) is 6.54 Å². The molecule has 0 unspecified atom stereocenters. The highest BCUT2D eigenvalue weighted by Crippen LogP contribution is 2.18. The molecule has 2 nitrogen and oxygen atoms in total. The Balaban J connectivity index is 2.18. The normalized spacial score (nSPS) is 10.7. The molecule has 1 rings (SSSR count). The quantitative estimate of drug-likeness (QED) is 0.571. The third-order valence-corrected chi connectivity index (χ3v) is 3.76. The lowest BCUT2D eigenvalue weighted by Crippen LogP contribution is -1.96. The smallest absolute Gasteiger partial charge is 0.202 e. The highest BCUT2D eigenvalue weighted by atomic mass is 32.1. The average Bonchev–Trinajstić information content (AvgIpc) is 2.54. The van der Waals surface area contributed by atoms with E-state index in [-0.39, 0.29) is 0 Å². The number of unbranched alkanes of at least 4 members (excludes halogenated alkanes) is 5. The van der Waals surface area contributed by atoms with E-state index in [1.54, 1.807) is 5.38 Å². The molecule has 0 aliphatic heterocycles. The lowest BCUT2D eigenvalue weighted by Gasteiger charge is -2.04. The Morgan fingerprint density at radius 3 is 2.53 bits per heavy atom. The minimum atomic E-state index is 0.318. The molecule has 86 valence electrons. The van der Waals surface area contributed by atoms with Crippen LogP contribution in [0.4, 0.5) is 0 Å². The summed E-state index contributed by atoms with van der Waals surface area (Å²) < 4.78 is 2.60. The summed E-state index contributed by atoms with van der Waals surface area (Å²) in [5, 5.41) is 11.2. The minimum Gasteiger partial charge on any atom is -0.494 e. The average molecular weight is 245 g/mol. The van der Waals surface area contributed by atoms with E-state index in [1.165, 1.54) is 43.4 Å². The maximum absolute atomic E-state index is 9.48. The van der Waals surface area contributed by atoms with Crippen LogP contribution in [0.25, 0.3) is 0 Å². The van der Waals surface area contributed by atoms with Gasteiger partial charge in [-0.05, 0) is 18.6 Å². The van der Waals surface area contributed by atoms with Gasteiger partial charge < -0.3 is 5.11 Å². The zero-order valence-corrected chi connectivity index (χ0v) is 10.9. The maximum Gasteiger partial charge on any atom is 0.202 e. The summed E-state index contributed by atoms with van der Waals surface area (Å²) in [5.41, 5.74) is 0. The summed E-state index contributed by atoms with van der Waals surface area (Å²) in [6.07, 6.45) is 7.60. The van der Waals surface area contributed by atoms with Crippen molar-refractivity contribution in [2.75, 3.05) is 0 Å². The van der Waals surface area contributed by atoms with Gasteiger partial charge in [0.25, 0.3) is 0 Å². The highest BCUT2D eigenvalue weighted by Gasteiger charge is 2.01. The van der Waals surface area contributed by atoms with Gasteiger partial charge in [-0.25, -0.2) is 0 Å². The van der Waals surface area contributed by atoms with E-state index in [2.05, 4.69) is 6.92 Å². The Morgan fingerprint density at radius 2 is 1.93 bits per heavy atom. The molecule has 0 saturated carbocycles. The van der Waals surface area contributed by atoms with Crippen LogP contribution in [0, 0.1) is 3.95 Å². The first kappa shape index (κ1) is 12.7. The number of nitrogens with zero attached hydrogens (tertiary/aromatic N) is 1. The van der Waals surface area contributed by atoms with E-state index in [0.29, 0.717) is 5.88 Å². The van der Waals surface area contributed by atoms with Crippen molar-refractivity contribution in [3.63, 3.8) is 0 Å². The van der Waals surface area contributed by atoms with Crippen molar-refractivity contribution >= 4 is 23.6 Å². The lowest BCUT2D eigenvalue weighted by molar-refractivity contribution is 0.408. The second kappa shape index (κ2) is 7.01. The topological polar surface area (TPSA) is 25.2 Å². The van der Waals surface area contributed by atoms with Gasteiger partial charge in [-0.3, -0.25) is 4.57 Å². The number of hydrogen-bond acceptors (Lipinski definition) is 3. The van der Waals surface area contributed by atoms with Crippen LogP contribution in [0.1, 0.15) is 45.4 Å². The third kappa shape index (κ3) is 4.34. The monoisotopic (exact) mass is 245 g/mol. The summed E-state index contributed by atoms with van der Waals surface area (Å²) in [5.74, 6) is 0.318. The van der Waals surface area contributed by atoms with Crippen molar-refractivity contribution in [3.8, 4) is 5.88 Å². The summed E-state index contributed by atoms with van der Waals surface area (Å²) in [7, 11) is 0. The van der Waals surface area contributed by atoms with Gasteiger partial charge in [0.15, 0.2) is 3.95 Å². The highest BCUT2D eigenvalue weighted by molar-refractivity contribution is 7.73. The van der Waals surface area contributed by atoms with Gasteiger partial charge in [-0.2, -0.15) is 0 Å². The summed E-state index contributed by atoms with van der Waals surface area (Å²) >= 11 is 6.54. The molecule has 0 aromatic carbocycles. The molecule has 0 atom stereocenters. The predicted molar refractivity (Wildman–Crippen MR) is 68.2 cm³/mol. The van der Waals surface area contributed by atoms with Crippen LogP contribution in [0.15, 0.2) is 5.38 Å². The number of hydrogen-bond donors (Lipinski definition) is 1. The van der Waals surface area contributed by atoms with Crippen LogP contribution in [0.5, 0.6) is 5.88 Å². The third-order valence-electron chi connectivity index (χ3n) is 2.50. The first-order valence-corrected chi connectivity index (χ1v) is 6.91. The lowest BCUT2D eigenvalue weighted by atomic mass is 10.1. The van der Waals surface area contributed by atoms with Crippen molar-refractivity contribution in [2.24, 2.45) is 0 Å². The van der Waals surface area contributed by atoms with E-state index in [4.69, 9.17) is 12.2 Å². The molecular weight excluding hydrogens is 226 g/mol. The number of rotatable bonds is 7. The van der Waals surface area contributed by atoms with Crippen molar-refractivity contribution in [1.82, 2.24) is 4.57 Å². The Bertz CT molecular complexity index is 330. The van der Waals surface area contributed by atoms with E-state index in [1.807, 2.05) is 4.57 Å². The second-order valence-electron chi connectivity index (χ2n) is 3.78. The van der Waals surface area contributed by atoms with Gasteiger partial charge in [-0.15, -0.1) is 11.3 Å². The van der Waals surface area contributed by atoms with Crippen LogP contribution < -0.4 is 0 Å². The number of aromatic nitrogens is 1. The van der Waals surface area contributed by atoms with Gasteiger partial charge >= 0.3 is 0 Å². The van der Waals surface area contributed by atoms with Gasteiger partial charge in [0.2, 0.25) is 5.88 Å². The first-order valence-electron chi connectivity index (χ1n) is 5.63. The Kier molecular flexibility index (Phi) is 5.95. The van der Waals surface area contributed by atoms with Crippen molar-refractivity contribution in [3.05, 3.63) is 9.33 Å². The fraction of sp³-hybridized carbons (Fsp3) is 0.727. The van der Waals surface area contributed by atoms with Crippen LogP contribution >= 0.6 is 23.6 Å². The molecule has 0 fully saturated rings. The van der Waals surface area contributed by atoms with E-state index in [0.717, 1.165) is 16.9 Å². The van der Waals surface area contributed by atoms with Crippen LogP contribution in [0.3, 0.4) is 0 Å². The van der Waals surface area contributed by atoms with Crippen molar-refractivity contribution in [2.45, 2.75) is 52.0 Å². The van der Waals surface area contributed by atoms with Crippen molar-refractivity contribution < 1.29 is 5.11 Å². The number of thiazole rings is 1. The molecule has 0 saturated heterocycles. The standard InChI is InChI=1S/C11H19NOS2/c1-2-3-4-5-6-7-8-12-10(13)9-15-11(12)14/h9,13H,2-8H2,1H3. The first-order chi connectivity index (χ1) is 7.25. The van der Waals surface area contributed by atoms with E-state index in [9.17, 15) is 5.11 Å². The van der Waals surface area contributed by atoms with Gasteiger partial charge in [0.05, 0.1) is 5.38 Å². The Hall–Kier alpha value is -0.350. The molecule has 1 aromatic heterocycles. The second-order valence-corrected chi connectivity index (χ2v) is 5.28. The van der Waals surface area contributed by atoms with Gasteiger partial charge in [0.1, 0.15) is 0 Å². The van der Waals surface area contributed by atoms with Crippen molar-refractivity contribution in [1.29, 1.82) is 0 Å². The largest absolute Gasteiger partial charge is 0.494 e. The number of aromatic hydroxyl groups is 1. The van der Waals surface area contributed by atoms with Crippen LogP contribution in [0.2, 0.25) is 0 Å². The molecule has 1 heterocycles. The molecular formula is C11H19NOS2. The molecule has 15 heavy (non-hydrogen) atoms. The predicted octanol–water partition coefficient (Wildman–Crippen LogP) is 4.35. The van der Waals surface area contributed by atoms with Gasteiger partial charge in [-0.1, -0.05) is 39.0 Å². The summed E-state index contributed by atoms with van der Waals surface area (Å²) in [6, 6.07) is 0. The fourth-order valence-electron chi connectivity index (χ4n) is 1.58. The molecule has 0 spiro atoms. The molecule has 4 heteroatoms. The SMILES string of the molecule is CCCCCCCCn1c(O)csc1=S. The Labute approximate surface area is 101 Å². The molecule has 0 bridgehead atoms. The molecule has 1 N–H and O–H groups in total. The van der Waals surface area contributed by atoms with Gasteiger partial charge in [0, 0.05) is 6.54 Å². The molecule has 1 aromatic rings. The van der Waals surface area contributed by atoms with Crippen LogP contribution in [-0.4, -0.2) is 9.67 Å². The summed E-state index contributed by atoms with van der Waals surface area (Å²) in [4.78, 5) is 0. The minimum absolute atomic E-state index is 0.318. The zero-order chi connectivity index (χ0) is 11.1. The zero-order valence-electron chi connectivity index (χ0n) is 9.24. The van der Waals surface area contributed by atoms with E-state index < -0.39 is 0 Å². The molecule has 0 aliphatic rings. The summed E-state index contributed by atoms with van der Waals surface area (Å²) in [6.45, 7) is 3.09. The molecule has 0 aliphatic carbocycles. The maximum atomic E-state index is 9.48. The molecule has 0 radical (unpaired) electrons. The fourth-order valence-corrected chi connectivity index (χ4v) is 2.55. The Morgan fingerprint density at radius 1 is 1.27 bits per heavy atom. The molecule has 0 amide bonds.